The topological polar surface area (TPSA) is 122 Å². The van der Waals surface area contributed by atoms with Gasteiger partial charge in [0.15, 0.2) is 11.6 Å². The molecule has 0 bridgehead atoms. The largest absolute Gasteiger partial charge is 0.396 e. The summed E-state index contributed by atoms with van der Waals surface area (Å²) in [7, 11) is 0. The molecule has 7 nitrogen and oxygen atoms in total. The van der Waals surface area contributed by atoms with Crippen LogP contribution >= 0.6 is 0 Å². The highest BCUT2D eigenvalue weighted by molar-refractivity contribution is 5.26. The van der Waals surface area contributed by atoms with Crippen molar-refractivity contribution in [2.24, 2.45) is 5.92 Å². The lowest BCUT2D eigenvalue weighted by atomic mass is 10.1. The summed E-state index contributed by atoms with van der Waals surface area (Å²) in [5.41, 5.74) is 4.35. The van der Waals surface area contributed by atoms with Crippen molar-refractivity contribution >= 4 is 5.82 Å². The van der Waals surface area contributed by atoms with Crippen LogP contribution in [0, 0.1) is 11.7 Å². The maximum atomic E-state index is 13.3. The standard InChI is InChI=1S/C10H14FN3O4/c11-5-2-14(10(18)13-9(5)12)6-1-4(3-15)7(16)8(6)17/h2,4,6-8,15-17H,1,3H2,(H2,12,13,18)/t4-,6-,7?,8-/m1/s1. The predicted molar refractivity (Wildman–Crippen MR) is 59.1 cm³/mol. The summed E-state index contributed by atoms with van der Waals surface area (Å²) in [5.74, 6) is -1.94. The van der Waals surface area contributed by atoms with Crippen LogP contribution in [0.15, 0.2) is 11.0 Å². The molecule has 2 rings (SSSR count). The van der Waals surface area contributed by atoms with Crippen LogP contribution in [0.3, 0.4) is 0 Å². The number of nitrogen functional groups attached to an aromatic ring is 1. The Labute approximate surface area is 101 Å². The molecular weight excluding hydrogens is 245 g/mol. The van der Waals surface area contributed by atoms with Crippen LogP contribution in [0.2, 0.25) is 0 Å². The molecule has 5 N–H and O–H groups in total. The van der Waals surface area contributed by atoms with E-state index >= 15 is 0 Å². The van der Waals surface area contributed by atoms with Crippen LogP contribution in [0.1, 0.15) is 12.5 Å². The average Bonchev–Trinajstić information content (AvgIpc) is 2.61. The molecule has 1 aliphatic carbocycles. The number of hydrogen-bond donors (Lipinski definition) is 4. The van der Waals surface area contributed by atoms with Gasteiger partial charge >= 0.3 is 5.69 Å². The molecule has 1 aliphatic rings. The van der Waals surface area contributed by atoms with E-state index in [0.29, 0.717) is 0 Å². The number of aliphatic hydroxyl groups excluding tert-OH is 3. The molecule has 18 heavy (non-hydrogen) atoms. The van der Waals surface area contributed by atoms with Crippen molar-refractivity contribution in [1.29, 1.82) is 0 Å². The maximum absolute atomic E-state index is 13.3. The zero-order valence-electron chi connectivity index (χ0n) is 9.40. The van der Waals surface area contributed by atoms with Gasteiger partial charge in [0.1, 0.15) is 6.10 Å². The smallest absolute Gasteiger partial charge is 0.350 e. The minimum Gasteiger partial charge on any atom is -0.396 e. The highest BCUT2D eigenvalue weighted by Crippen LogP contribution is 2.34. The van der Waals surface area contributed by atoms with E-state index in [1.807, 2.05) is 0 Å². The lowest BCUT2D eigenvalue weighted by Crippen LogP contribution is -2.35. The number of rotatable bonds is 2. The van der Waals surface area contributed by atoms with E-state index < -0.39 is 41.5 Å². The lowest BCUT2D eigenvalue weighted by Gasteiger charge is -2.18. The van der Waals surface area contributed by atoms with Crippen molar-refractivity contribution in [3.05, 3.63) is 22.5 Å². The minimum absolute atomic E-state index is 0.157. The third-order valence-electron chi connectivity index (χ3n) is 3.30. The number of aliphatic hydroxyl groups is 3. The second-order valence-corrected chi connectivity index (χ2v) is 4.39. The average molecular weight is 259 g/mol. The van der Waals surface area contributed by atoms with Crippen molar-refractivity contribution in [2.75, 3.05) is 12.3 Å². The molecule has 4 atom stereocenters. The fourth-order valence-electron chi connectivity index (χ4n) is 2.25. The molecule has 0 spiro atoms. The van der Waals surface area contributed by atoms with Crippen LogP contribution in [0.5, 0.6) is 0 Å². The third-order valence-corrected chi connectivity index (χ3v) is 3.30. The quantitative estimate of drug-likeness (QED) is 0.499. The monoisotopic (exact) mass is 259 g/mol. The lowest BCUT2D eigenvalue weighted by molar-refractivity contribution is -0.00463. The summed E-state index contributed by atoms with van der Waals surface area (Å²) in [6.45, 7) is -0.325. The van der Waals surface area contributed by atoms with Gasteiger partial charge in [-0.25, -0.2) is 9.18 Å². The number of nitrogens with two attached hydrogens (primary N) is 1. The molecule has 1 unspecified atom stereocenters. The number of halogens is 1. The van der Waals surface area contributed by atoms with Crippen molar-refractivity contribution in [2.45, 2.75) is 24.7 Å². The Hall–Kier alpha value is -1.51. The van der Waals surface area contributed by atoms with Gasteiger partial charge in [-0.3, -0.25) is 4.57 Å². The SMILES string of the molecule is Nc1nc(=O)n([C@@H]2C[C@H](CO)C(O)[C@@H]2O)cc1F. The molecule has 0 aromatic carbocycles. The Kier molecular flexibility index (Phi) is 3.33. The summed E-state index contributed by atoms with van der Waals surface area (Å²) < 4.78 is 14.2. The van der Waals surface area contributed by atoms with E-state index in [-0.39, 0.29) is 13.0 Å². The number of hydrogen-bond acceptors (Lipinski definition) is 6. The zero-order valence-corrected chi connectivity index (χ0v) is 9.40. The van der Waals surface area contributed by atoms with Crippen LogP contribution in [-0.2, 0) is 0 Å². The highest BCUT2D eigenvalue weighted by Gasteiger charge is 2.42. The Morgan fingerprint density at radius 1 is 1.50 bits per heavy atom. The van der Waals surface area contributed by atoms with Crippen molar-refractivity contribution in [1.82, 2.24) is 9.55 Å². The summed E-state index contributed by atoms with van der Waals surface area (Å²) >= 11 is 0. The van der Waals surface area contributed by atoms with Crippen LogP contribution in [0.4, 0.5) is 10.2 Å². The van der Waals surface area contributed by atoms with Gasteiger partial charge in [0.2, 0.25) is 0 Å². The number of anilines is 1. The molecule has 1 aromatic heterocycles. The molecule has 0 aliphatic heterocycles. The first kappa shape index (κ1) is 12.9. The molecule has 0 radical (unpaired) electrons. The van der Waals surface area contributed by atoms with Crippen molar-refractivity contribution < 1.29 is 19.7 Å². The first-order valence-electron chi connectivity index (χ1n) is 5.47. The molecule has 1 aromatic rings. The van der Waals surface area contributed by atoms with Crippen LogP contribution in [-0.4, -0.2) is 43.7 Å². The Balaban J connectivity index is 2.39. The van der Waals surface area contributed by atoms with Crippen molar-refractivity contribution in [3.8, 4) is 0 Å². The second-order valence-electron chi connectivity index (χ2n) is 4.39. The molecule has 100 valence electrons. The Morgan fingerprint density at radius 2 is 2.17 bits per heavy atom. The van der Waals surface area contributed by atoms with Gasteiger partial charge in [0.05, 0.1) is 12.1 Å². The van der Waals surface area contributed by atoms with Gasteiger partial charge in [0, 0.05) is 18.7 Å². The Morgan fingerprint density at radius 3 is 2.72 bits per heavy atom. The van der Waals surface area contributed by atoms with E-state index in [0.717, 1.165) is 10.8 Å². The summed E-state index contributed by atoms with van der Waals surface area (Å²) in [4.78, 5) is 14.9. The van der Waals surface area contributed by atoms with Gasteiger partial charge in [-0.2, -0.15) is 4.98 Å². The summed E-state index contributed by atoms with van der Waals surface area (Å²) in [6.07, 6.45) is -1.41. The molecule has 8 heteroatoms. The van der Waals surface area contributed by atoms with Crippen LogP contribution < -0.4 is 11.4 Å². The van der Waals surface area contributed by atoms with E-state index in [1.54, 1.807) is 0 Å². The predicted octanol–water partition coefficient (Wildman–Crippen LogP) is -1.76. The normalized spacial score (nSPS) is 31.8. The first-order valence-corrected chi connectivity index (χ1v) is 5.47. The summed E-state index contributed by atoms with van der Waals surface area (Å²) in [6, 6.07) is -0.827. The molecule has 0 amide bonds. The van der Waals surface area contributed by atoms with E-state index in [2.05, 4.69) is 4.98 Å². The van der Waals surface area contributed by atoms with E-state index in [9.17, 15) is 19.4 Å². The van der Waals surface area contributed by atoms with Gasteiger partial charge in [-0.15, -0.1) is 0 Å². The van der Waals surface area contributed by atoms with Gasteiger partial charge in [-0.05, 0) is 6.42 Å². The first-order chi connectivity index (χ1) is 8.45. The number of aromatic nitrogens is 2. The van der Waals surface area contributed by atoms with E-state index in [4.69, 9.17) is 10.8 Å². The highest BCUT2D eigenvalue weighted by atomic mass is 19.1. The Bertz CT molecular complexity index is 506. The van der Waals surface area contributed by atoms with Gasteiger partial charge < -0.3 is 21.1 Å². The van der Waals surface area contributed by atoms with Crippen LogP contribution in [0.25, 0.3) is 0 Å². The molecule has 1 fully saturated rings. The van der Waals surface area contributed by atoms with Gasteiger partial charge in [-0.1, -0.05) is 0 Å². The zero-order chi connectivity index (χ0) is 13.4. The molecule has 1 saturated carbocycles. The van der Waals surface area contributed by atoms with Gasteiger partial charge in [0.25, 0.3) is 0 Å². The minimum atomic E-state index is -1.26. The molecular formula is C10H14FN3O4. The second kappa shape index (κ2) is 4.63. The third kappa shape index (κ3) is 1.98. The molecule has 1 heterocycles. The number of nitrogens with zero attached hydrogens (tertiary/aromatic N) is 2. The molecule has 0 saturated heterocycles. The maximum Gasteiger partial charge on any atom is 0.350 e. The fraction of sp³-hybridized carbons (Fsp3) is 0.600. The fourth-order valence-corrected chi connectivity index (χ4v) is 2.25. The summed E-state index contributed by atoms with van der Waals surface area (Å²) in [5, 5.41) is 28.5. The van der Waals surface area contributed by atoms with Crippen molar-refractivity contribution in [3.63, 3.8) is 0 Å². The van der Waals surface area contributed by atoms with E-state index in [1.165, 1.54) is 0 Å².